The molecule has 0 saturated heterocycles. The molecule has 0 bridgehead atoms. The fourth-order valence-electron chi connectivity index (χ4n) is 2.03. The lowest BCUT2D eigenvalue weighted by Crippen LogP contribution is -2.33. The average molecular weight is 471 g/mol. The van der Waals surface area contributed by atoms with Crippen molar-refractivity contribution in [1.82, 2.24) is 15.6 Å². The van der Waals surface area contributed by atoms with E-state index >= 15 is 0 Å². The Morgan fingerprint density at radius 2 is 1.96 bits per heavy atom. The molecule has 0 aliphatic carbocycles. The largest absolute Gasteiger partial charge is 0.369 e. The van der Waals surface area contributed by atoms with Gasteiger partial charge in [0.1, 0.15) is 8.64 Å². The Hall–Kier alpha value is -0.330. The molecule has 1 aromatic carbocycles. The molecule has 5 nitrogen and oxygen atoms in total. The zero-order valence-electron chi connectivity index (χ0n) is 12.4. The van der Waals surface area contributed by atoms with Gasteiger partial charge < -0.3 is 10.6 Å². The van der Waals surface area contributed by atoms with Gasteiger partial charge in [-0.15, -0.1) is 25.3 Å². The molecular formula is C13H13Cl2N5S5. The average Bonchev–Trinajstić information content (AvgIpc) is 2.98. The molecule has 1 unspecified atom stereocenters. The molecule has 0 aliphatic rings. The predicted molar refractivity (Wildman–Crippen MR) is 122 cm³/mol. The van der Waals surface area contributed by atoms with E-state index in [0.717, 1.165) is 10.4 Å². The summed E-state index contributed by atoms with van der Waals surface area (Å²) in [5, 5.41) is 7.55. The van der Waals surface area contributed by atoms with Crippen molar-refractivity contribution in [1.29, 1.82) is 0 Å². The maximum absolute atomic E-state index is 6.14. The predicted octanol–water partition coefficient (Wildman–Crippen LogP) is 4.05. The number of hydrazine groups is 1. The Bertz CT molecular complexity index is 797. The van der Waals surface area contributed by atoms with Gasteiger partial charge in [-0.1, -0.05) is 65.0 Å². The highest BCUT2D eigenvalue weighted by molar-refractivity contribution is 8.11. The van der Waals surface area contributed by atoms with Crippen LogP contribution in [0.4, 0.5) is 5.13 Å². The molecule has 134 valence electrons. The van der Waals surface area contributed by atoms with Crippen molar-refractivity contribution in [2.75, 3.05) is 12.0 Å². The second-order valence-electron chi connectivity index (χ2n) is 4.69. The van der Waals surface area contributed by atoms with Crippen LogP contribution in [0.1, 0.15) is 10.9 Å². The molecule has 0 fully saturated rings. The highest BCUT2D eigenvalue weighted by Gasteiger charge is 2.22. The molecule has 0 spiro atoms. The number of aromatic nitrogens is 1. The minimum absolute atomic E-state index is 0.251. The van der Waals surface area contributed by atoms with Crippen molar-refractivity contribution < 1.29 is 0 Å². The van der Waals surface area contributed by atoms with Crippen LogP contribution < -0.4 is 21.9 Å². The Kier molecular flexibility index (Phi) is 8.02. The Labute approximate surface area is 180 Å². The van der Waals surface area contributed by atoms with E-state index in [0.29, 0.717) is 36.1 Å². The van der Waals surface area contributed by atoms with Gasteiger partial charge in [-0.3, -0.25) is 5.43 Å². The second-order valence-corrected chi connectivity index (χ2v) is 8.85. The van der Waals surface area contributed by atoms with Crippen molar-refractivity contribution in [2.45, 2.75) is 6.04 Å². The number of thiazole rings is 1. The van der Waals surface area contributed by atoms with Gasteiger partial charge in [0, 0.05) is 12.1 Å². The Balaban J connectivity index is 2.49. The first kappa shape index (κ1) is 21.0. The van der Waals surface area contributed by atoms with Gasteiger partial charge in [0.15, 0.2) is 5.13 Å². The van der Waals surface area contributed by atoms with E-state index in [2.05, 4.69) is 46.3 Å². The van der Waals surface area contributed by atoms with Crippen LogP contribution in [0.5, 0.6) is 0 Å². The topological polar surface area (TPSA) is 75.0 Å². The number of hydrogen-bond acceptors (Lipinski definition) is 6. The molecule has 0 saturated carbocycles. The molecule has 2 aromatic rings. The summed E-state index contributed by atoms with van der Waals surface area (Å²) < 4.78 is 0.710. The normalized spacial score (nSPS) is 11.7. The number of anilines is 1. The molecule has 12 heteroatoms. The van der Waals surface area contributed by atoms with Gasteiger partial charge in [-0.2, -0.15) is 0 Å². The smallest absolute Gasteiger partial charge is 0.197 e. The summed E-state index contributed by atoms with van der Waals surface area (Å²) in [4.78, 5) is 5.39. The molecule has 2 rings (SSSR count). The van der Waals surface area contributed by atoms with Crippen molar-refractivity contribution in [3.63, 3.8) is 0 Å². The maximum Gasteiger partial charge on any atom is 0.197 e. The monoisotopic (exact) mass is 469 g/mol. The highest BCUT2D eigenvalue weighted by Crippen LogP contribution is 2.37. The standard InChI is InChI=1S/C13H13Cl2N5S5/c14-6-2-1-5(3-7(6)15)9-10(25-11(19-9)20-16)8(18-13(23)24)4-17-12(21)22/h1-3,8H,4,16H2,(H,19,20)(H2,17,21,22)(H2,18,23,24). The fraction of sp³-hybridized carbons (Fsp3) is 0.154. The van der Waals surface area contributed by atoms with E-state index in [1.165, 1.54) is 11.3 Å². The number of thiocarbonyl (C=S) groups is 2. The zero-order chi connectivity index (χ0) is 18.6. The molecule has 0 aliphatic heterocycles. The van der Waals surface area contributed by atoms with E-state index in [1.807, 2.05) is 6.07 Å². The SMILES string of the molecule is NNc1nc(-c2ccc(Cl)c(Cl)c2)c(C(CNC(=S)S)NC(=S)S)s1. The summed E-state index contributed by atoms with van der Waals surface area (Å²) in [6.07, 6.45) is 0. The van der Waals surface area contributed by atoms with Crippen LogP contribution in [0, 0.1) is 0 Å². The number of benzene rings is 1. The molecule has 1 heterocycles. The molecule has 1 aromatic heterocycles. The number of nitrogens with zero attached hydrogens (tertiary/aromatic N) is 1. The van der Waals surface area contributed by atoms with E-state index < -0.39 is 0 Å². The van der Waals surface area contributed by atoms with Crippen molar-refractivity contribution >= 4 is 98.0 Å². The summed E-state index contributed by atoms with van der Waals surface area (Å²) in [5.74, 6) is 5.53. The summed E-state index contributed by atoms with van der Waals surface area (Å²) in [6, 6.07) is 5.04. The van der Waals surface area contributed by atoms with Crippen molar-refractivity contribution in [2.24, 2.45) is 5.84 Å². The first-order chi connectivity index (χ1) is 11.8. The summed E-state index contributed by atoms with van der Waals surface area (Å²) in [6.45, 7) is 0.434. The van der Waals surface area contributed by atoms with Crippen LogP contribution in [0.2, 0.25) is 10.0 Å². The third kappa shape index (κ3) is 5.83. The first-order valence-corrected chi connectivity index (χ1v) is 9.99. The quantitative estimate of drug-likeness (QED) is 0.165. The fourth-order valence-corrected chi connectivity index (χ4v) is 3.75. The van der Waals surface area contributed by atoms with E-state index in [-0.39, 0.29) is 6.04 Å². The minimum Gasteiger partial charge on any atom is -0.369 e. The molecule has 5 N–H and O–H groups in total. The number of halogens is 2. The summed E-state index contributed by atoms with van der Waals surface area (Å²) in [5.41, 5.74) is 4.06. The number of nitrogens with two attached hydrogens (primary N) is 1. The van der Waals surface area contributed by atoms with Gasteiger partial charge in [0.25, 0.3) is 0 Å². The number of hydrogen-bond donors (Lipinski definition) is 6. The lowest BCUT2D eigenvalue weighted by atomic mass is 10.1. The lowest BCUT2D eigenvalue weighted by Gasteiger charge is -2.19. The van der Waals surface area contributed by atoms with E-state index in [4.69, 9.17) is 53.5 Å². The number of nitrogen functional groups attached to an aromatic ring is 1. The molecule has 25 heavy (non-hydrogen) atoms. The number of rotatable bonds is 6. The zero-order valence-corrected chi connectivity index (χ0v) is 18.2. The number of nitrogens with one attached hydrogen (secondary N) is 3. The van der Waals surface area contributed by atoms with Crippen LogP contribution in [-0.4, -0.2) is 20.2 Å². The third-order valence-electron chi connectivity index (χ3n) is 3.04. The van der Waals surface area contributed by atoms with Crippen molar-refractivity contribution in [3.05, 3.63) is 33.1 Å². The van der Waals surface area contributed by atoms with Gasteiger partial charge in [0.05, 0.1) is 26.7 Å². The van der Waals surface area contributed by atoms with Gasteiger partial charge in [0.2, 0.25) is 0 Å². The summed E-state index contributed by atoms with van der Waals surface area (Å²) >= 11 is 31.8. The second kappa shape index (κ2) is 9.56. The van der Waals surface area contributed by atoms with Gasteiger partial charge >= 0.3 is 0 Å². The first-order valence-electron chi connectivity index (χ1n) is 6.70. The van der Waals surface area contributed by atoms with Gasteiger partial charge in [-0.05, 0) is 12.1 Å². The van der Waals surface area contributed by atoms with Crippen LogP contribution in [0.25, 0.3) is 11.3 Å². The van der Waals surface area contributed by atoms with E-state index in [1.54, 1.807) is 12.1 Å². The van der Waals surface area contributed by atoms with Crippen molar-refractivity contribution in [3.8, 4) is 11.3 Å². The molecule has 1 atom stereocenters. The van der Waals surface area contributed by atoms with Crippen LogP contribution in [0.3, 0.4) is 0 Å². The molecule has 0 amide bonds. The maximum atomic E-state index is 6.14. The molecule has 0 radical (unpaired) electrons. The Morgan fingerprint density at radius 1 is 1.24 bits per heavy atom. The third-order valence-corrected chi connectivity index (χ3v) is 5.43. The van der Waals surface area contributed by atoms with Gasteiger partial charge in [-0.25, -0.2) is 10.8 Å². The van der Waals surface area contributed by atoms with Crippen LogP contribution >= 0.6 is 84.2 Å². The van der Waals surface area contributed by atoms with Crippen LogP contribution in [-0.2, 0) is 0 Å². The highest BCUT2D eigenvalue weighted by atomic mass is 35.5. The minimum atomic E-state index is -0.251. The number of thiol groups is 2. The Morgan fingerprint density at radius 3 is 2.52 bits per heavy atom. The lowest BCUT2D eigenvalue weighted by molar-refractivity contribution is 0.648. The summed E-state index contributed by atoms with van der Waals surface area (Å²) in [7, 11) is 0. The molecular weight excluding hydrogens is 457 g/mol. The van der Waals surface area contributed by atoms with E-state index in [9.17, 15) is 0 Å². The van der Waals surface area contributed by atoms with Crippen LogP contribution in [0.15, 0.2) is 18.2 Å².